The van der Waals surface area contributed by atoms with Gasteiger partial charge in [0.1, 0.15) is 17.2 Å². The number of rotatable bonds is 6. The maximum Gasteiger partial charge on any atom is 0.274 e. The van der Waals surface area contributed by atoms with Gasteiger partial charge in [-0.05, 0) is 42.8 Å². The van der Waals surface area contributed by atoms with E-state index in [-0.39, 0.29) is 17.8 Å². The van der Waals surface area contributed by atoms with Crippen LogP contribution in [0.1, 0.15) is 29.4 Å². The van der Waals surface area contributed by atoms with Gasteiger partial charge in [-0.2, -0.15) is 4.98 Å². The molecule has 1 aromatic carbocycles. The summed E-state index contributed by atoms with van der Waals surface area (Å²) in [6.07, 6.45) is 3.59. The molecule has 2 N–H and O–H groups in total. The molecule has 3 aromatic heterocycles. The normalized spacial score (nSPS) is 10.6. The predicted molar refractivity (Wildman–Crippen MR) is 115 cm³/mol. The lowest BCUT2D eigenvalue weighted by Gasteiger charge is -2.09. The molecular weight excluding hydrogens is 396 g/mol. The van der Waals surface area contributed by atoms with Crippen LogP contribution in [0.3, 0.4) is 0 Å². The van der Waals surface area contributed by atoms with Crippen LogP contribution < -0.4 is 15.4 Å². The van der Waals surface area contributed by atoms with E-state index < -0.39 is 0 Å². The summed E-state index contributed by atoms with van der Waals surface area (Å²) in [6.45, 7) is 3.59. The van der Waals surface area contributed by atoms with Crippen molar-refractivity contribution >= 4 is 29.1 Å². The van der Waals surface area contributed by atoms with Gasteiger partial charge in [0, 0.05) is 24.4 Å². The number of ether oxygens (including phenoxy) is 1. The third kappa shape index (κ3) is 4.67. The first-order valence-electron chi connectivity index (χ1n) is 9.69. The number of anilines is 2. The Morgan fingerprint density at radius 3 is 2.74 bits per heavy atom. The number of carbonyl (C=O) groups is 2. The van der Waals surface area contributed by atoms with E-state index >= 15 is 0 Å². The zero-order valence-electron chi connectivity index (χ0n) is 17.0. The molecule has 3 heterocycles. The van der Waals surface area contributed by atoms with E-state index in [1.165, 1.54) is 4.52 Å². The Morgan fingerprint density at radius 2 is 1.94 bits per heavy atom. The van der Waals surface area contributed by atoms with E-state index in [0.29, 0.717) is 34.9 Å². The van der Waals surface area contributed by atoms with Crippen LogP contribution in [0.25, 0.3) is 5.65 Å². The number of benzene rings is 1. The number of carbonyl (C=O) groups excluding carboxylic acids is 2. The molecule has 0 atom stereocenters. The minimum atomic E-state index is -0.291. The number of amides is 2. The van der Waals surface area contributed by atoms with Gasteiger partial charge in [-0.15, -0.1) is 5.10 Å². The van der Waals surface area contributed by atoms with E-state index in [1.54, 1.807) is 61.8 Å². The monoisotopic (exact) mass is 416 g/mol. The average Bonchev–Trinajstić information content (AvgIpc) is 3.15. The summed E-state index contributed by atoms with van der Waals surface area (Å²) in [7, 11) is 0. The third-order valence-electron chi connectivity index (χ3n) is 4.43. The molecule has 0 aliphatic rings. The number of hydrogen-bond donors (Lipinski definition) is 2. The third-order valence-corrected chi connectivity index (χ3v) is 4.43. The van der Waals surface area contributed by atoms with Gasteiger partial charge >= 0.3 is 0 Å². The van der Waals surface area contributed by atoms with Gasteiger partial charge in [0.25, 0.3) is 5.91 Å². The van der Waals surface area contributed by atoms with Crippen LogP contribution in [0.2, 0.25) is 0 Å². The molecule has 156 valence electrons. The van der Waals surface area contributed by atoms with Crippen molar-refractivity contribution in [2.45, 2.75) is 20.3 Å². The molecule has 4 aromatic rings. The lowest BCUT2D eigenvalue weighted by molar-refractivity contribution is -0.115. The molecule has 4 rings (SSSR count). The first kappa shape index (κ1) is 20.0. The van der Waals surface area contributed by atoms with Crippen molar-refractivity contribution < 1.29 is 14.3 Å². The van der Waals surface area contributed by atoms with Gasteiger partial charge < -0.3 is 10.1 Å². The number of hydrogen-bond acceptors (Lipinski definition) is 6. The first-order valence-corrected chi connectivity index (χ1v) is 9.69. The average molecular weight is 416 g/mol. The van der Waals surface area contributed by atoms with Gasteiger partial charge in [0.05, 0.1) is 6.20 Å². The Balaban J connectivity index is 1.49. The second kappa shape index (κ2) is 8.62. The summed E-state index contributed by atoms with van der Waals surface area (Å²) in [5.74, 6) is 0.843. The highest BCUT2D eigenvalue weighted by Gasteiger charge is 2.11. The van der Waals surface area contributed by atoms with Crippen molar-refractivity contribution in [2.75, 3.05) is 10.6 Å². The molecular formula is C22H20N6O3. The molecule has 0 fully saturated rings. The van der Waals surface area contributed by atoms with E-state index in [0.717, 1.165) is 5.56 Å². The van der Waals surface area contributed by atoms with Gasteiger partial charge in [-0.3, -0.25) is 19.9 Å². The summed E-state index contributed by atoms with van der Waals surface area (Å²) in [5, 5.41) is 9.69. The molecule has 2 amide bonds. The largest absolute Gasteiger partial charge is 0.456 e. The summed E-state index contributed by atoms with van der Waals surface area (Å²) in [5.41, 5.74) is 2.32. The molecule has 9 heteroatoms. The maximum absolute atomic E-state index is 12.5. The zero-order valence-corrected chi connectivity index (χ0v) is 17.0. The lowest BCUT2D eigenvalue weighted by atomic mass is 10.2. The van der Waals surface area contributed by atoms with Crippen LogP contribution >= 0.6 is 0 Å². The van der Waals surface area contributed by atoms with E-state index in [9.17, 15) is 9.59 Å². The molecule has 0 spiro atoms. The topological polar surface area (TPSA) is 111 Å². The highest BCUT2D eigenvalue weighted by molar-refractivity contribution is 6.03. The Morgan fingerprint density at radius 1 is 1.06 bits per heavy atom. The van der Waals surface area contributed by atoms with Crippen molar-refractivity contribution in [2.24, 2.45) is 0 Å². The van der Waals surface area contributed by atoms with Crippen molar-refractivity contribution in [1.29, 1.82) is 0 Å². The Bertz CT molecular complexity index is 1270. The molecule has 0 aliphatic heterocycles. The first-order chi connectivity index (χ1) is 15.0. The van der Waals surface area contributed by atoms with E-state index in [1.807, 2.05) is 13.0 Å². The van der Waals surface area contributed by atoms with E-state index in [2.05, 4.69) is 25.7 Å². The van der Waals surface area contributed by atoms with Crippen molar-refractivity contribution in [1.82, 2.24) is 19.6 Å². The van der Waals surface area contributed by atoms with Gasteiger partial charge in [-0.25, -0.2) is 4.52 Å². The molecule has 0 radical (unpaired) electrons. The quantitative estimate of drug-likeness (QED) is 0.494. The van der Waals surface area contributed by atoms with Crippen LogP contribution in [0.4, 0.5) is 11.6 Å². The number of nitrogens with one attached hydrogen (secondary N) is 2. The van der Waals surface area contributed by atoms with Gasteiger partial charge in [0.2, 0.25) is 11.9 Å². The van der Waals surface area contributed by atoms with Crippen molar-refractivity contribution in [3.05, 3.63) is 72.2 Å². The number of nitrogens with zero attached hydrogens (tertiary/aromatic N) is 4. The maximum atomic E-state index is 12.5. The molecule has 0 saturated carbocycles. The second-order valence-corrected chi connectivity index (χ2v) is 6.76. The molecule has 31 heavy (non-hydrogen) atoms. The lowest BCUT2D eigenvalue weighted by Crippen LogP contribution is -2.15. The second-order valence-electron chi connectivity index (χ2n) is 6.76. The highest BCUT2D eigenvalue weighted by Crippen LogP contribution is 2.25. The van der Waals surface area contributed by atoms with Gasteiger partial charge in [0.15, 0.2) is 5.65 Å². The molecule has 9 nitrogen and oxygen atoms in total. The minimum absolute atomic E-state index is 0.160. The van der Waals surface area contributed by atoms with Crippen LogP contribution in [0.5, 0.6) is 11.5 Å². The number of aromatic nitrogens is 4. The summed E-state index contributed by atoms with van der Waals surface area (Å²) >= 11 is 0. The Labute approximate surface area is 178 Å². The van der Waals surface area contributed by atoms with Crippen molar-refractivity contribution in [3.63, 3.8) is 0 Å². The SMILES string of the molecule is CCC(=O)Nc1nc2ccc(Oc3cccc(NC(=O)c4ncccc4C)c3)cn2n1. The van der Waals surface area contributed by atoms with E-state index in [4.69, 9.17) is 4.74 Å². The fourth-order valence-corrected chi connectivity index (χ4v) is 2.88. The van der Waals surface area contributed by atoms with Crippen LogP contribution in [-0.2, 0) is 4.79 Å². The number of pyridine rings is 2. The van der Waals surface area contributed by atoms with Crippen LogP contribution in [0, 0.1) is 6.92 Å². The Hall–Kier alpha value is -4.27. The Kier molecular flexibility index (Phi) is 5.57. The summed E-state index contributed by atoms with van der Waals surface area (Å²) in [4.78, 5) is 32.4. The number of aryl methyl sites for hydroxylation is 1. The standard InChI is InChI=1S/C22H20N6O3/c1-3-19(29)26-22-25-18-10-9-17(13-28(18)27-22)31-16-8-4-7-15(12-16)24-21(30)20-14(2)6-5-11-23-20/h4-13H,3H2,1-2H3,(H,24,30)(H,26,27,29). The van der Waals surface area contributed by atoms with Crippen LogP contribution in [0.15, 0.2) is 60.9 Å². The van der Waals surface area contributed by atoms with Crippen LogP contribution in [-0.4, -0.2) is 31.4 Å². The van der Waals surface area contributed by atoms with Gasteiger partial charge in [-0.1, -0.05) is 19.1 Å². The predicted octanol–water partition coefficient (Wildman–Crippen LogP) is 3.83. The number of fused-ring (bicyclic) bond motifs is 1. The fourth-order valence-electron chi connectivity index (χ4n) is 2.88. The fraction of sp³-hybridized carbons (Fsp3) is 0.136. The van der Waals surface area contributed by atoms with Crippen molar-refractivity contribution in [3.8, 4) is 11.5 Å². The highest BCUT2D eigenvalue weighted by atomic mass is 16.5. The molecule has 0 bridgehead atoms. The zero-order chi connectivity index (χ0) is 21.8. The smallest absolute Gasteiger partial charge is 0.274 e. The summed E-state index contributed by atoms with van der Waals surface area (Å²) in [6, 6.07) is 14.1. The minimum Gasteiger partial charge on any atom is -0.456 e. The molecule has 0 saturated heterocycles. The summed E-state index contributed by atoms with van der Waals surface area (Å²) < 4.78 is 7.43. The molecule has 0 aliphatic carbocycles. The molecule has 0 unspecified atom stereocenters.